The first kappa shape index (κ1) is 9.07. The maximum atomic E-state index is 10.7. The predicted octanol–water partition coefficient (Wildman–Crippen LogP) is 0.834. The molecule has 1 N–H and O–H groups in total. The third-order valence-electron chi connectivity index (χ3n) is 1.67. The number of nitrogens with one attached hydrogen (secondary N) is 1. The molecule has 0 fully saturated rings. The van der Waals surface area contributed by atoms with Gasteiger partial charge in [0.2, 0.25) is 0 Å². The van der Waals surface area contributed by atoms with E-state index in [1.54, 1.807) is 0 Å². The highest BCUT2D eigenvalue weighted by Gasteiger charge is 2.14. The fourth-order valence-electron chi connectivity index (χ4n) is 1.10. The summed E-state index contributed by atoms with van der Waals surface area (Å²) >= 11 is 1.18. The molecule has 0 unspecified atom stereocenters. The molecule has 0 radical (unpaired) electrons. The molecule has 0 atom stereocenters. The SMILES string of the molecule is CCCc1nnsc1-c1n[nH]c(=O)o1. The lowest BCUT2D eigenvalue weighted by Crippen LogP contribution is -1.93. The Kier molecular flexibility index (Phi) is 2.40. The van der Waals surface area contributed by atoms with Gasteiger partial charge in [-0.15, -0.1) is 10.2 Å². The zero-order valence-electron chi connectivity index (χ0n) is 7.48. The number of hydrogen-bond donors (Lipinski definition) is 1. The molecule has 0 bridgehead atoms. The molecule has 0 aliphatic carbocycles. The summed E-state index contributed by atoms with van der Waals surface area (Å²) in [6.45, 7) is 2.05. The van der Waals surface area contributed by atoms with Crippen molar-refractivity contribution in [3.05, 3.63) is 16.2 Å². The third-order valence-corrected chi connectivity index (χ3v) is 2.43. The molecular formula is C7H8N4O2S. The van der Waals surface area contributed by atoms with Crippen LogP contribution in [0.15, 0.2) is 9.21 Å². The number of rotatable bonds is 3. The molecule has 0 amide bonds. The molecule has 0 aromatic carbocycles. The molecule has 74 valence electrons. The average Bonchev–Trinajstić information content (AvgIpc) is 2.74. The molecule has 2 aromatic heterocycles. The van der Waals surface area contributed by atoms with E-state index in [0.717, 1.165) is 23.4 Å². The van der Waals surface area contributed by atoms with Crippen LogP contribution in [0.1, 0.15) is 19.0 Å². The van der Waals surface area contributed by atoms with E-state index in [1.807, 2.05) is 6.92 Å². The number of hydrogen-bond acceptors (Lipinski definition) is 6. The standard InChI is InChI=1S/C7H8N4O2S/c1-2-3-4-5(14-11-8-4)6-9-10-7(12)13-6/h2-3H2,1H3,(H,10,12). The van der Waals surface area contributed by atoms with Gasteiger partial charge < -0.3 is 4.42 Å². The van der Waals surface area contributed by atoms with Gasteiger partial charge in [0.05, 0.1) is 5.69 Å². The molecule has 0 spiro atoms. The van der Waals surface area contributed by atoms with E-state index in [0.29, 0.717) is 0 Å². The van der Waals surface area contributed by atoms with Crippen molar-refractivity contribution in [2.45, 2.75) is 19.8 Å². The topological polar surface area (TPSA) is 84.7 Å². The van der Waals surface area contributed by atoms with E-state index >= 15 is 0 Å². The van der Waals surface area contributed by atoms with Gasteiger partial charge in [-0.05, 0) is 18.0 Å². The first-order chi connectivity index (χ1) is 6.81. The van der Waals surface area contributed by atoms with Gasteiger partial charge in [0.15, 0.2) is 0 Å². The molecule has 7 heteroatoms. The zero-order valence-corrected chi connectivity index (χ0v) is 8.30. The fraction of sp³-hybridized carbons (Fsp3) is 0.429. The summed E-state index contributed by atoms with van der Waals surface area (Å²) in [7, 11) is 0. The van der Waals surface area contributed by atoms with E-state index in [9.17, 15) is 4.79 Å². The highest BCUT2D eigenvalue weighted by atomic mass is 32.1. The lowest BCUT2D eigenvalue weighted by atomic mass is 10.2. The van der Waals surface area contributed by atoms with Crippen molar-refractivity contribution < 1.29 is 4.42 Å². The van der Waals surface area contributed by atoms with Crippen molar-refractivity contribution >= 4 is 11.5 Å². The first-order valence-electron chi connectivity index (χ1n) is 4.18. The van der Waals surface area contributed by atoms with Crippen molar-refractivity contribution in [1.82, 2.24) is 19.8 Å². The van der Waals surface area contributed by atoms with Gasteiger partial charge in [-0.1, -0.05) is 17.8 Å². The van der Waals surface area contributed by atoms with Crippen LogP contribution in [-0.4, -0.2) is 19.8 Å². The van der Waals surface area contributed by atoms with Crippen molar-refractivity contribution in [1.29, 1.82) is 0 Å². The van der Waals surface area contributed by atoms with E-state index in [2.05, 4.69) is 19.8 Å². The molecule has 14 heavy (non-hydrogen) atoms. The van der Waals surface area contributed by atoms with Gasteiger partial charge in [-0.3, -0.25) is 0 Å². The minimum atomic E-state index is -0.559. The molecule has 2 rings (SSSR count). The molecule has 2 aromatic rings. The van der Waals surface area contributed by atoms with Crippen LogP contribution in [0.4, 0.5) is 0 Å². The Labute approximate surface area is 83.1 Å². The molecule has 0 aliphatic heterocycles. The normalized spacial score (nSPS) is 10.6. The van der Waals surface area contributed by atoms with E-state index in [1.165, 1.54) is 11.5 Å². The molecule has 0 aliphatic rings. The summed E-state index contributed by atoms with van der Waals surface area (Å²) in [6.07, 6.45) is 1.77. The maximum absolute atomic E-state index is 10.7. The highest BCUT2D eigenvalue weighted by molar-refractivity contribution is 7.09. The Morgan fingerprint density at radius 2 is 2.43 bits per heavy atom. The maximum Gasteiger partial charge on any atom is 0.434 e. The summed E-state index contributed by atoms with van der Waals surface area (Å²) < 4.78 is 8.63. The summed E-state index contributed by atoms with van der Waals surface area (Å²) in [5.41, 5.74) is 0.827. The smallest absolute Gasteiger partial charge is 0.387 e. The van der Waals surface area contributed by atoms with Crippen molar-refractivity contribution in [3.63, 3.8) is 0 Å². The first-order valence-corrected chi connectivity index (χ1v) is 4.95. The lowest BCUT2D eigenvalue weighted by molar-refractivity contribution is 0.527. The van der Waals surface area contributed by atoms with Crippen LogP contribution in [0.25, 0.3) is 10.8 Å². The Morgan fingerprint density at radius 1 is 1.57 bits per heavy atom. The van der Waals surface area contributed by atoms with Gasteiger partial charge in [0, 0.05) is 0 Å². The largest absolute Gasteiger partial charge is 0.434 e. The number of aromatic nitrogens is 4. The van der Waals surface area contributed by atoms with Crippen LogP contribution in [0, 0.1) is 0 Å². The summed E-state index contributed by atoms with van der Waals surface area (Å²) in [5.74, 6) is -0.288. The molecule has 6 nitrogen and oxygen atoms in total. The predicted molar refractivity (Wildman–Crippen MR) is 50.0 cm³/mol. The Bertz CT molecular complexity index is 472. The molecular weight excluding hydrogens is 204 g/mol. The van der Waals surface area contributed by atoms with Gasteiger partial charge >= 0.3 is 5.76 Å². The minimum Gasteiger partial charge on any atom is -0.387 e. The van der Waals surface area contributed by atoms with Gasteiger partial charge in [-0.2, -0.15) is 0 Å². The number of H-pyrrole nitrogens is 1. The summed E-state index contributed by atoms with van der Waals surface area (Å²) in [5, 5.41) is 9.88. The van der Waals surface area contributed by atoms with Crippen LogP contribution >= 0.6 is 11.5 Å². The second kappa shape index (κ2) is 3.70. The van der Waals surface area contributed by atoms with Gasteiger partial charge in [0.1, 0.15) is 4.88 Å². The number of aryl methyl sites for hydroxylation is 1. The quantitative estimate of drug-likeness (QED) is 0.814. The Hall–Kier alpha value is -1.50. The van der Waals surface area contributed by atoms with E-state index in [-0.39, 0.29) is 5.89 Å². The van der Waals surface area contributed by atoms with E-state index in [4.69, 9.17) is 4.42 Å². The van der Waals surface area contributed by atoms with Crippen molar-refractivity contribution in [3.8, 4) is 10.8 Å². The minimum absolute atomic E-state index is 0.272. The monoisotopic (exact) mass is 212 g/mol. The molecule has 0 saturated carbocycles. The van der Waals surface area contributed by atoms with Crippen LogP contribution in [0.5, 0.6) is 0 Å². The highest BCUT2D eigenvalue weighted by Crippen LogP contribution is 2.23. The fourth-order valence-corrected chi connectivity index (χ4v) is 1.73. The van der Waals surface area contributed by atoms with Crippen LogP contribution in [0.2, 0.25) is 0 Å². The molecule has 2 heterocycles. The molecule has 0 saturated heterocycles. The summed E-state index contributed by atoms with van der Waals surface area (Å²) in [4.78, 5) is 11.5. The van der Waals surface area contributed by atoms with E-state index < -0.39 is 5.76 Å². The van der Waals surface area contributed by atoms with Crippen molar-refractivity contribution in [2.24, 2.45) is 0 Å². The summed E-state index contributed by atoms with van der Waals surface area (Å²) in [6, 6.07) is 0. The Morgan fingerprint density at radius 3 is 3.07 bits per heavy atom. The van der Waals surface area contributed by atoms with Crippen molar-refractivity contribution in [2.75, 3.05) is 0 Å². The second-order valence-corrected chi connectivity index (χ2v) is 3.47. The number of aromatic amines is 1. The Balaban J connectivity index is 2.40. The lowest BCUT2D eigenvalue weighted by Gasteiger charge is -1.91. The average molecular weight is 212 g/mol. The van der Waals surface area contributed by atoms with Crippen LogP contribution < -0.4 is 5.76 Å². The second-order valence-electron chi connectivity index (χ2n) is 2.72. The third kappa shape index (κ3) is 1.58. The van der Waals surface area contributed by atoms with Gasteiger partial charge in [0.25, 0.3) is 5.89 Å². The van der Waals surface area contributed by atoms with Crippen LogP contribution in [-0.2, 0) is 6.42 Å². The number of nitrogens with zero attached hydrogens (tertiary/aromatic N) is 3. The zero-order chi connectivity index (χ0) is 9.97. The van der Waals surface area contributed by atoms with Gasteiger partial charge in [-0.25, -0.2) is 9.89 Å². The van der Waals surface area contributed by atoms with Crippen LogP contribution in [0.3, 0.4) is 0 Å².